The molecule has 1 atom stereocenters. The van der Waals surface area contributed by atoms with E-state index in [0.717, 1.165) is 0 Å². The van der Waals surface area contributed by atoms with E-state index < -0.39 is 10.0 Å². The lowest BCUT2D eigenvalue weighted by Crippen LogP contribution is -2.32. The number of hydrogen-bond acceptors (Lipinski definition) is 4. The molecule has 0 radical (unpaired) electrons. The average molecular weight is 257 g/mol. The van der Waals surface area contributed by atoms with Gasteiger partial charge < -0.3 is 9.47 Å². The number of hydrogen-bond donors (Lipinski definition) is 1. The Hall–Kier alpha value is -1.11. The van der Waals surface area contributed by atoms with Crippen LogP contribution < -0.4 is 9.46 Å². The molecule has 0 aliphatic carbocycles. The Kier molecular flexibility index (Phi) is 3.11. The topological polar surface area (TPSA) is 67.9 Å². The van der Waals surface area contributed by atoms with Gasteiger partial charge in [-0.15, -0.1) is 0 Å². The summed E-state index contributed by atoms with van der Waals surface area (Å²) in [6.45, 7) is 2.75. The molecule has 1 aromatic carbocycles. The summed E-state index contributed by atoms with van der Waals surface area (Å²) >= 11 is 0. The molecule has 0 spiro atoms. The van der Waals surface area contributed by atoms with Crippen molar-refractivity contribution in [2.45, 2.75) is 17.4 Å². The molecule has 6 heteroatoms. The van der Waals surface area contributed by atoms with Gasteiger partial charge in [-0.2, -0.15) is 0 Å². The Bertz CT molecular complexity index is 491. The second-order valence-electron chi connectivity index (χ2n) is 4.24. The van der Waals surface area contributed by atoms with Crippen molar-refractivity contribution in [3.8, 4) is 5.75 Å². The molecular weight excluding hydrogens is 242 g/mol. The van der Waals surface area contributed by atoms with Crippen LogP contribution in [0.3, 0.4) is 0 Å². The Labute approximate surface area is 101 Å². The largest absolute Gasteiger partial charge is 0.497 e. The number of benzene rings is 1. The predicted molar refractivity (Wildman–Crippen MR) is 62.5 cm³/mol. The molecular formula is C11H15NO4S. The molecule has 0 aromatic heterocycles. The Morgan fingerprint density at radius 2 is 2.00 bits per heavy atom. The third-order valence-corrected chi connectivity index (χ3v) is 4.06. The van der Waals surface area contributed by atoms with Crippen LogP contribution in [0.15, 0.2) is 29.2 Å². The van der Waals surface area contributed by atoms with Gasteiger partial charge in [0.05, 0.1) is 18.6 Å². The molecule has 94 valence electrons. The Balaban J connectivity index is 2.07. The molecule has 1 aliphatic rings. The van der Waals surface area contributed by atoms with Crippen molar-refractivity contribution in [1.29, 1.82) is 0 Å². The molecule has 1 aromatic rings. The zero-order valence-electron chi connectivity index (χ0n) is 9.76. The highest BCUT2D eigenvalue weighted by Crippen LogP contribution is 2.25. The van der Waals surface area contributed by atoms with Crippen LogP contribution in [0.1, 0.15) is 6.92 Å². The summed E-state index contributed by atoms with van der Waals surface area (Å²) in [7, 11) is -1.93. The van der Waals surface area contributed by atoms with E-state index in [2.05, 4.69) is 4.72 Å². The maximum Gasteiger partial charge on any atom is 0.240 e. The second-order valence-corrected chi connectivity index (χ2v) is 6.01. The molecule has 0 amide bonds. The van der Waals surface area contributed by atoms with Crippen LogP contribution in [0, 0.1) is 0 Å². The van der Waals surface area contributed by atoms with Gasteiger partial charge in [0.25, 0.3) is 0 Å². The lowest BCUT2D eigenvalue weighted by atomic mass is 10.2. The quantitative estimate of drug-likeness (QED) is 0.791. The smallest absolute Gasteiger partial charge is 0.240 e. The fourth-order valence-electron chi connectivity index (χ4n) is 1.31. The fourth-order valence-corrected chi connectivity index (χ4v) is 2.47. The number of epoxide rings is 1. The van der Waals surface area contributed by atoms with Crippen molar-refractivity contribution in [2.75, 3.05) is 20.3 Å². The van der Waals surface area contributed by atoms with E-state index in [9.17, 15) is 8.42 Å². The van der Waals surface area contributed by atoms with E-state index in [1.54, 1.807) is 12.1 Å². The molecule has 0 bridgehead atoms. The molecule has 5 nitrogen and oxygen atoms in total. The minimum Gasteiger partial charge on any atom is -0.497 e. The number of rotatable bonds is 5. The highest BCUT2D eigenvalue weighted by atomic mass is 32.2. The lowest BCUT2D eigenvalue weighted by molar-refractivity contribution is 0.323. The maximum absolute atomic E-state index is 11.9. The first-order chi connectivity index (χ1) is 7.95. The van der Waals surface area contributed by atoms with Crippen LogP contribution in [0.4, 0.5) is 0 Å². The van der Waals surface area contributed by atoms with Crippen molar-refractivity contribution in [3.63, 3.8) is 0 Å². The predicted octanol–water partition coefficient (Wildman–Crippen LogP) is 0.762. The van der Waals surface area contributed by atoms with Crippen molar-refractivity contribution < 1.29 is 17.9 Å². The Morgan fingerprint density at radius 3 is 2.47 bits per heavy atom. The van der Waals surface area contributed by atoms with Crippen molar-refractivity contribution >= 4 is 10.0 Å². The normalized spacial score (nSPS) is 23.4. The Morgan fingerprint density at radius 1 is 1.41 bits per heavy atom. The van der Waals surface area contributed by atoms with Crippen LogP contribution in [0.5, 0.6) is 5.75 Å². The van der Waals surface area contributed by atoms with Gasteiger partial charge in [-0.3, -0.25) is 0 Å². The maximum atomic E-state index is 11.9. The average Bonchev–Trinajstić information content (AvgIpc) is 3.06. The fraction of sp³-hybridized carbons (Fsp3) is 0.455. The van der Waals surface area contributed by atoms with Crippen molar-refractivity contribution in [2.24, 2.45) is 0 Å². The summed E-state index contributed by atoms with van der Waals surface area (Å²) in [4.78, 5) is 0.225. The standard InChI is InChI=1S/C11H15NO4S/c1-11(8-16-11)7-12-17(13,14)10-5-3-9(15-2)4-6-10/h3-6,12H,7-8H2,1-2H3. The minimum atomic E-state index is -3.46. The summed E-state index contributed by atoms with van der Waals surface area (Å²) in [5.74, 6) is 0.626. The van der Waals surface area contributed by atoms with Gasteiger partial charge in [0.2, 0.25) is 10.0 Å². The van der Waals surface area contributed by atoms with Gasteiger partial charge in [-0.1, -0.05) is 0 Å². The number of methoxy groups -OCH3 is 1. The number of nitrogens with one attached hydrogen (secondary N) is 1. The third-order valence-electron chi connectivity index (χ3n) is 2.64. The zero-order valence-corrected chi connectivity index (χ0v) is 10.6. The molecule has 1 N–H and O–H groups in total. The summed E-state index contributed by atoms with van der Waals surface area (Å²) in [5.41, 5.74) is -0.334. The number of sulfonamides is 1. The lowest BCUT2D eigenvalue weighted by Gasteiger charge is -2.09. The molecule has 1 unspecified atom stereocenters. The first kappa shape index (κ1) is 12.3. The van der Waals surface area contributed by atoms with Crippen LogP contribution in [0.25, 0.3) is 0 Å². The van der Waals surface area contributed by atoms with E-state index in [-0.39, 0.29) is 10.5 Å². The van der Waals surface area contributed by atoms with Crippen molar-refractivity contribution in [1.82, 2.24) is 4.72 Å². The molecule has 1 saturated heterocycles. The van der Waals surface area contributed by atoms with Crippen LogP contribution in [-0.2, 0) is 14.8 Å². The summed E-state index contributed by atoms with van der Waals surface area (Å²) in [6.07, 6.45) is 0. The van der Waals surface area contributed by atoms with Gasteiger partial charge in [-0.25, -0.2) is 13.1 Å². The molecule has 17 heavy (non-hydrogen) atoms. The number of ether oxygens (including phenoxy) is 2. The van der Waals surface area contributed by atoms with Crippen LogP contribution in [0.2, 0.25) is 0 Å². The van der Waals surface area contributed by atoms with Gasteiger partial charge in [-0.05, 0) is 31.2 Å². The third kappa shape index (κ3) is 2.96. The van der Waals surface area contributed by atoms with E-state index in [0.29, 0.717) is 18.9 Å². The first-order valence-corrected chi connectivity index (χ1v) is 6.71. The van der Waals surface area contributed by atoms with Gasteiger partial charge >= 0.3 is 0 Å². The molecule has 1 heterocycles. The summed E-state index contributed by atoms with van der Waals surface area (Å²) < 4.78 is 36.4. The molecule has 0 saturated carbocycles. The van der Waals surface area contributed by atoms with Crippen LogP contribution >= 0.6 is 0 Å². The van der Waals surface area contributed by atoms with Gasteiger partial charge in [0, 0.05) is 6.54 Å². The van der Waals surface area contributed by atoms with Crippen LogP contribution in [-0.4, -0.2) is 34.3 Å². The monoisotopic (exact) mass is 257 g/mol. The summed E-state index contributed by atoms with van der Waals surface area (Å²) in [5, 5.41) is 0. The van der Waals surface area contributed by atoms with E-state index in [1.165, 1.54) is 19.2 Å². The van der Waals surface area contributed by atoms with E-state index >= 15 is 0 Å². The first-order valence-electron chi connectivity index (χ1n) is 5.23. The van der Waals surface area contributed by atoms with Gasteiger partial charge in [0.1, 0.15) is 11.4 Å². The van der Waals surface area contributed by atoms with Crippen molar-refractivity contribution in [3.05, 3.63) is 24.3 Å². The molecule has 2 rings (SSSR count). The van der Waals surface area contributed by atoms with E-state index in [4.69, 9.17) is 9.47 Å². The summed E-state index contributed by atoms with van der Waals surface area (Å²) in [6, 6.07) is 6.25. The van der Waals surface area contributed by atoms with Gasteiger partial charge in [0.15, 0.2) is 0 Å². The highest BCUT2D eigenvalue weighted by molar-refractivity contribution is 7.89. The SMILES string of the molecule is COc1ccc(S(=O)(=O)NCC2(C)CO2)cc1. The molecule has 1 aliphatic heterocycles. The zero-order chi connectivity index (χ0) is 12.5. The molecule has 1 fully saturated rings. The second kappa shape index (κ2) is 4.29. The highest BCUT2D eigenvalue weighted by Gasteiger charge is 2.40. The minimum absolute atomic E-state index is 0.225. The van der Waals surface area contributed by atoms with E-state index in [1.807, 2.05) is 6.92 Å².